The monoisotopic (exact) mass is 588 g/mol. The van der Waals surface area contributed by atoms with Crippen molar-refractivity contribution in [2.45, 2.75) is 97.3 Å². The van der Waals surface area contributed by atoms with Crippen LogP contribution in [-0.2, 0) is 0 Å². The highest BCUT2D eigenvalue weighted by Crippen LogP contribution is 2.49. The number of benzene rings is 1. The smallest absolute Gasteiger partial charge is 0.391 e. The maximum absolute atomic E-state index is 13.1. The topological polar surface area (TPSA) is 52.1 Å². The number of fused-ring (bicyclic) bond motifs is 1. The Labute approximate surface area is 244 Å². The number of nitrogens with zero attached hydrogens (tertiary/aromatic N) is 2. The fraction of sp³-hybridized carbons (Fsp3) is 0.545. The largest absolute Gasteiger partial charge is 0.435 e. The Hall–Kier alpha value is -3.28. The second-order valence-corrected chi connectivity index (χ2v) is 11.5. The average Bonchev–Trinajstić information content (AvgIpc) is 3.07. The Morgan fingerprint density at radius 3 is 2.43 bits per heavy atom. The third-order valence-electron chi connectivity index (χ3n) is 8.53. The quantitative estimate of drug-likeness (QED) is 0.175. The summed E-state index contributed by atoms with van der Waals surface area (Å²) in [5, 5.41) is 0. The van der Waals surface area contributed by atoms with Crippen molar-refractivity contribution in [3.63, 3.8) is 0 Å². The Balaban J connectivity index is 1.82. The maximum atomic E-state index is 13.1. The number of Topliss-reactive ketones (excluding diaryl/α,β-unsaturated/α-hetero) is 1. The predicted molar refractivity (Wildman–Crippen MR) is 152 cm³/mol. The van der Waals surface area contributed by atoms with E-state index in [0.29, 0.717) is 30.2 Å². The summed E-state index contributed by atoms with van der Waals surface area (Å²) in [7, 11) is 0. The average molecular weight is 589 g/mol. The molecule has 0 bridgehead atoms. The van der Waals surface area contributed by atoms with Crippen molar-refractivity contribution in [3.05, 3.63) is 53.1 Å². The van der Waals surface area contributed by atoms with Gasteiger partial charge in [0.1, 0.15) is 5.75 Å². The van der Waals surface area contributed by atoms with Crippen LogP contribution in [-0.4, -0.2) is 28.5 Å². The third kappa shape index (κ3) is 7.56. The Kier molecular flexibility index (Phi) is 10.4. The number of hydrogen-bond donors (Lipinski definition) is 0. The van der Waals surface area contributed by atoms with Crippen molar-refractivity contribution in [2.75, 3.05) is 0 Å². The second kappa shape index (κ2) is 13.8. The van der Waals surface area contributed by atoms with Crippen molar-refractivity contribution < 1.29 is 31.5 Å². The van der Waals surface area contributed by atoms with E-state index in [1.807, 2.05) is 6.92 Å². The molecule has 1 fully saturated rings. The molecule has 3 atom stereocenters. The summed E-state index contributed by atoms with van der Waals surface area (Å²) in [5.41, 5.74) is 3.22. The molecular weight excluding hydrogens is 551 g/mol. The molecule has 1 heterocycles. The van der Waals surface area contributed by atoms with E-state index in [4.69, 9.17) is 4.74 Å². The van der Waals surface area contributed by atoms with Gasteiger partial charge in [-0.15, -0.1) is 0 Å². The van der Waals surface area contributed by atoms with Crippen LogP contribution in [0, 0.1) is 29.6 Å². The molecule has 0 spiro atoms. The molecule has 1 aromatic carbocycles. The van der Waals surface area contributed by atoms with Gasteiger partial charge in [-0.25, -0.2) is 9.97 Å². The van der Waals surface area contributed by atoms with Gasteiger partial charge in [0.15, 0.2) is 11.6 Å². The molecule has 2 aliphatic carbocycles. The number of carbonyl (C=O) groups is 1. The van der Waals surface area contributed by atoms with E-state index in [-0.39, 0.29) is 23.1 Å². The summed E-state index contributed by atoms with van der Waals surface area (Å²) in [6.45, 7) is 2.18. The molecule has 226 valence electrons. The minimum Gasteiger partial charge on any atom is -0.435 e. The molecule has 0 N–H and O–H groups in total. The number of hydrogen-bond acceptors (Lipinski definition) is 4. The number of halogens is 5. The minimum atomic E-state index is -4.47. The van der Waals surface area contributed by atoms with Crippen LogP contribution in [0.4, 0.5) is 22.0 Å². The zero-order chi connectivity index (χ0) is 30.4. The lowest BCUT2D eigenvalue weighted by Crippen LogP contribution is -2.23. The highest BCUT2D eigenvalue weighted by atomic mass is 19.4. The normalized spacial score (nSPS) is 20.4. The molecule has 2 aromatic rings. The van der Waals surface area contributed by atoms with Crippen LogP contribution < -0.4 is 4.74 Å². The molecule has 3 unspecified atom stereocenters. The van der Waals surface area contributed by atoms with Gasteiger partial charge >= 0.3 is 12.8 Å². The standard InChI is InChI=1S/C33H37F5N2O2/c1-4-5-7-12-25-26-14-13-24(42-32(34)35)16-28(26)21(3)27(22-10-8-6-9-11-22)17-29(25)31-39-18-23(19-40-31)30(41)15-20(2)33(36,37)38/h13-14,16,18-22,27,32H,4-6,8-11,15,17H2,1-3H3. The molecule has 4 nitrogen and oxygen atoms in total. The lowest BCUT2D eigenvalue weighted by Gasteiger charge is -2.34. The van der Waals surface area contributed by atoms with Gasteiger partial charge in [0.2, 0.25) is 0 Å². The van der Waals surface area contributed by atoms with Crippen molar-refractivity contribution in [3.8, 4) is 17.6 Å². The van der Waals surface area contributed by atoms with E-state index in [1.165, 1.54) is 24.9 Å². The molecule has 1 aromatic heterocycles. The number of aromatic nitrogens is 2. The van der Waals surface area contributed by atoms with Gasteiger partial charge in [-0.3, -0.25) is 4.79 Å². The molecule has 0 radical (unpaired) electrons. The molecule has 4 rings (SSSR count). The van der Waals surface area contributed by atoms with E-state index in [9.17, 15) is 26.7 Å². The summed E-state index contributed by atoms with van der Waals surface area (Å²) in [4.78, 5) is 21.5. The van der Waals surface area contributed by atoms with Crippen molar-refractivity contribution >= 4 is 16.9 Å². The molecule has 9 heteroatoms. The van der Waals surface area contributed by atoms with Gasteiger partial charge in [0.05, 0.1) is 11.5 Å². The van der Waals surface area contributed by atoms with Crippen LogP contribution >= 0.6 is 0 Å². The fourth-order valence-corrected chi connectivity index (χ4v) is 6.13. The van der Waals surface area contributed by atoms with Gasteiger partial charge in [-0.1, -0.05) is 64.7 Å². The number of rotatable bonds is 8. The lowest BCUT2D eigenvalue weighted by atomic mass is 9.71. The van der Waals surface area contributed by atoms with Gasteiger partial charge in [0.25, 0.3) is 0 Å². The number of ketones is 1. The summed E-state index contributed by atoms with van der Waals surface area (Å²) >= 11 is 0. The molecule has 42 heavy (non-hydrogen) atoms. The molecule has 0 saturated heterocycles. The Bertz CT molecular complexity index is 1330. The van der Waals surface area contributed by atoms with E-state index < -0.39 is 30.9 Å². The van der Waals surface area contributed by atoms with E-state index in [1.54, 1.807) is 12.1 Å². The predicted octanol–water partition coefficient (Wildman–Crippen LogP) is 9.27. The first kappa shape index (κ1) is 31.7. The van der Waals surface area contributed by atoms with E-state index >= 15 is 0 Å². The number of ether oxygens (including phenoxy) is 1. The number of allylic oxidation sites excluding steroid dienone is 2. The van der Waals surface area contributed by atoms with Crippen LogP contribution in [0.15, 0.2) is 30.6 Å². The zero-order valence-electron chi connectivity index (χ0n) is 24.2. The van der Waals surface area contributed by atoms with Crippen LogP contribution in [0.2, 0.25) is 0 Å². The Morgan fingerprint density at radius 1 is 1.12 bits per heavy atom. The van der Waals surface area contributed by atoms with Crippen LogP contribution in [0.25, 0.3) is 11.1 Å². The second-order valence-electron chi connectivity index (χ2n) is 11.5. The van der Waals surface area contributed by atoms with Crippen molar-refractivity contribution in [2.24, 2.45) is 17.8 Å². The highest BCUT2D eigenvalue weighted by Gasteiger charge is 2.38. The highest BCUT2D eigenvalue weighted by molar-refractivity contribution is 5.99. The minimum absolute atomic E-state index is 0.00880. The molecular formula is C33H37F5N2O2. The third-order valence-corrected chi connectivity index (χ3v) is 8.53. The molecule has 0 aliphatic heterocycles. The van der Waals surface area contributed by atoms with Crippen LogP contribution in [0.3, 0.4) is 0 Å². The lowest BCUT2D eigenvalue weighted by molar-refractivity contribution is -0.168. The van der Waals surface area contributed by atoms with Crippen molar-refractivity contribution in [1.29, 1.82) is 0 Å². The zero-order valence-corrected chi connectivity index (χ0v) is 24.2. The first-order valence-corrected chi connectivity index (χ1v) is 14.7. The van der Waals surface area contributed by atoms with Gasteiger partial charge in [-0.2, -0.15) is 22.0 Å². The van der Waals surface area contributed by atoms with E-state index in [2.05, 4.69) is 28.7 Å². The first-order valence-electron chi connectivity index (χ1n) is 14.7. The van der Waals surface area contributed by atoms with Gasteiger partial charge < -0.3 is 4.74 Å². The maximum Gasteiger partial charge on any atom is 0.391 e. The summed E-state index contributed by atoms with van der Waals surface area (Å²) in [6.07, 6.45) is 5.11. The number of carbonyl (C=O) groups excluding carboxylic acids is 1. The number of unbranched alkanes of at least 4 members (excludes halogenated alkanes) is 1. The Morgan fingerprint density at radius 2 is 1.81 bits per heavy atom. The van der Waals surface area contributed by atoms with Gasteiger partial charge in [-0.05, 0) is 59.9 Å². The van der Waals surface area contributed by atoms with E-state index in [0.717, 1.165) is 55.7 Å². The summed E-state index contributed by atoms with van der Waals surface area (Å²) in [6, 6.07) is 4.97. The molecule has 0 amide bonds. The summed E-state index contributed by atoms with van der Waals surface area (Å²) in [5.74, 6) is 5.12. The van der Waals surface area contributed by atoms with Gasteiger partial charge in [0, 0.05) is 36.4 Å². The summed E-state index contributed by atoms with van der Waals surface area (Å²) < 4.78 is 70.1. The fourth-order valence-electron chi connectivity index (χ4n) is 6.13. The van der Waals surface area contributed by atoms with Crippen LogP contribution in [0.5, 0.6) is 5.75 Å². The molecule has 2 aliphatic rings. The SMILES string of the molecule is CCCC#CC1=C(c2ncc(C(=O)CC(C)C(F)(F)F)cn2)CC(C2CCCCC2)C(C)c2cc(OC(F)F)ccc21. The molecule has 1 saturated carbocycles. The van der Waals surface area contributed by atoms with Crippen LogP contribution in [0.1, 0.15) is 112 Å². The number of alkyl halides is 5. The van der Waals surface area contributed by atoms with Crippen molar-refractivity contribution in [1.82, 2.24) is 9.97 Å². The first-order chi connectivity index (χ1) is 20.0.